The molecule has 0 aliphatic carbocycles. The predicted octanol–water partition coefficient (Wildman–Crippen LogP) is 1.05. The van der Waals surface area contributed by atoms with Crippen LogP contribution >= 0.6 is 11.3 Å². The largest absolute Gasteiger partial charge is 0.409 e. The highest BCUT2D eigenvalue weighted by Gasteiger charge is 2.07. The van der Waals surface area contributed by atoms with Gasteiger partial charge in [-0.1, -0.05) is 5.16 Å². The normalized spacial score (nSPS) is 11.6. The Hall–Kier alpha value is -2.08. The number of pyridine rings is 1. The van der Waals surface area contributed by atoms with Gasteiger partial charge in [0.2, 0.25) is 0 Å². The molecular weight excluding hydrogens is 238 g/mol. The van der Waals surface area contributed by atoms with Crippen LogP contribution in [-0.2, 0) is 6.54 Å². The van der Waals surface area contributed by atoms with E-state index in [1.807, 2.05) is 16.8 Å². The number of rotatable bonds is 3. The summed E-state index contributed by atoms with van der Waals surface area (Å²) in [6.07, 6.45) is 1.67. The third kappa shape index (κ3) is 2.36. The number of thiophene rings is 1. The fourth-order valence-corrected chi connectivity index (χ4v) is 2.15. The van der Waals surface area contributed by atoms with Crippen molar-refractivity contribution in [3.8, 4) is 0 Å². The average molecular weight is 249 g/mol. The number of hydrogen-bond acceptors (Lipinski definition) is 4. The number of oxime groups is 1. The molecule has 0 unspecified atom stereocenters. The summed E-state index contributed by atoms with van der Waals surface area (Å²) in [6.45, 7) is 0.481. The Kier molecular flexibility index (Phi) is 3.24. The lowest BCUT2D eigenvalue weighted by molar-refractivity contribution is 0.318. The fourth-order valence-electron chi connectivity index (χ4n) is 1.49. The van der Waals surface area contributed by atoms with Crippen LogP contribution < -0.4 is 11.3 Å². The summed E-state index contributed by atoms with van der Waals surface area (Å²) < 4.78 is 1.52. The van der Waals surface area contributed by atoms with Gasteiger partial charge in [-0.05, 0) is 34.5 Å². The molecule has 5 nitrogen and oxygen atoms in total. The summed E-state index contributed by atoms with van der Waals surface area (Å²) in [5.74, 6) is -0.172. The minimum Gasteiger partial charge on any atom is -0.409 e. The van der Waals surface area contributed by atoms with Crippen LogP contribution in [0.1, 0.15) is 11.1 Å². The van der Waals surface area contributed by atoms with Crippen molar-refractivity contribution in [3.05, 3.63) is 56.6 Å². The van der Waals surface area contributed by atoms with Gasteiger partial charge in [0.05, 0.1) is 12.1 Å². The lowest BCUT2D eigenvalue weighted by Crippen LogP contribution is -2.29. The molecule has 0 saturated carbocycles. The van der Waals surface area contributed by atoms with Crippen LogP contribution in [0.15, 0.2) is 45.1 Å². The molecule has 2 rings (SSSR count). The second-order valence-corrected chi connectivity index (χ2v) is 4.25. The number of aromatic nitrogens is 1. The molecular formula is C11H11N3O2S. The summed E-state index contributed by atoms with van der Waals surface area (Å²) in [5, 5.41) is 15.3. The standard InChI is InChI=1S/C11H11N3O2S/c12-10(13-16)9-2-1-4-14(11(9)15)6-8-3-5-17-7-8/h1-5,7,16H,6H2,(H2,12,13). The van der Waals surface area contributed by atoms with E-state index in [1.54, 1.807) is 23.6 Å². The zero-order valence-corrected chi connectivity index (χ0v) is 9.72. The Morgan fingerprint density at radius 3 is 3.00 bits per heavy atom. The van der Waals surface area contributed by atoms with Crippen molar-refractivity contribution in [1.82, 2.24) is 4.57 Å². The Labute approximate surface area is 101 Å². The van der Waals surface area contributed by atoms with Crippen molar-refractivity contribution in [2.45, 2.75) is 6.54 Å². The van der Waals surface area contributed by atoms with Crippen molar-refractivity contribution in [2.24, 2.45) is 10.9 Å². The Balaban J connectivity index is 2.40. The number of nitrogens with two attached hydrogens (primary N) is 1. The molecule has 0 bridgehead atoms. The van der Waals surface area contributed by atoms with Crippen LogP contribution in [0.2, 0.25) is 0 Å². The molecule has 2 heterocycles. The SMILES string of the molecule is N/C(=N/O)c1cccn(Cc2ccsc2)c1=O. The van der Waals surface area contributed by atoms with Gasteiger partial charge in [0.25, 0.3) is 5.56 Å². The summed E-state index contributed by atoms with van der Waals surface area (Å²) in [4.78, 5) is 12.0. The molecule has 0 aliphatic rings. The van der Waals surface area contributed by atoms with Gasteiger partial charge in [-0.15, -0.1) is 0 Å². The van der Waals surface area contributed by atoms with E-state index in [1.165, 1.54) is 10.6 Å². The summed E-state index contributed by atoms with van der Waals surface area (Å²) in [6, 6.07) is 5.18. The van der Waals surface area contributed by atoms with Crippen LogP contribution in [0, 0.1) is 0 Å². The molecule has 2 aromatic rings. The second-order valence-electron chi connectivity index (χ2n) is 3.47. The van der Waals surface area contributed by atoms with E-state index >= 15 is 0 Å². The zero-order valence-electron chi connectivity index (χ0n) is 8.91. The van der Waals surface area contributed by atoms with E-state index in [0.717, 1.165) is 5.56 Å². The van der Waals surface area contributed by atoms with Gasteiger partial charge in [0.15, 0.2) is 5.84 Å². The predicted molar refractivity (Wildman–Crippen MR) is 66.6 cm³/mol. The highest BCUT2D eigenvalue weighted by atomic mass is 32.1. The minimum atomic E-state index is -0.269. The van der Waals surface area contributed by atoms with E-state index in [0.29, 0.717) is 6.54 Å². The van der Waals surface area contributed by atoms with Crippen molar-refractivity contribution < 1.29 is 5.21 Å². The number of hydrogen-bond donors (Lipinski definition) is 2. The Morgan fingerprint density at radius 1 is 1.53 bits per heavy atom. The van der Waals surface area contributed by atoms with E-state index in [4.69, 9.17) is 10.9 Å². The van der Waals surface area contributed by atoms with Gasteiger partial charge in [-0.25, -0.2) is 0 Å². The first-order valence-electron chi connectivity index (χ1n) is 4.91. The van der Waals surface area contributed by atoms with Crippen molar-refractivity contribution in [3.63, 3.8) is 0 Å². The van der Waals surface area contributed by atoms with Crippen LogP contribution in [-0.4, -0.2) is 15.6 Å². The molecule has 0 aliphatic heterocycles. The topological polar surface area (TPSA) is 80.6 Å². The van der Waals surface area contributed by atoms with Gasteiger partial charge in [0, 0.05) is 6.20 Å². The molecule has 2 aromatic heterocycles. The third-order valence-corrected chi connectivity index (χ3v) is 3.07. The van der Waals surface area contributed by atoms with Gasteiger partial charge >= 0.3 is 0 Å². The lowest BCUT2D eigenvalue weighted by Gasteiger charge is -2.05. The third-order valence-electron chi connectivity index (χ3n) is 2.34. The number of nitrogens with zero attached hydrogens (tertiary/aromatic N) is 2. The van der Waals surface area contributed by atoms with Crippen LogP contribution in [0.4, 0.5) is 0 Å². The lowest BCUT2D eigenvalue weighted by atomic mass is 10.2. The monoisotopic (exact) mass is 249 g/mol. The highest BCUT2D eigenvalue weighted by molar-refractivity contribution is 7.07. The Morgan fingerprint density at radius 2 is 2.35 bits per heavy atom. The molecule has 0 amide bonds. The van der Waals surface area contributed by atoms with Crippen LogP contribution in [0.25, 0.3) is 0 Å². The van der Waals surface area contributed by atoms with Gasteiger partial charge in [-0.3, -0.25) is 4.79 Å². The highest BCUT2D eigenvalue weighted by Crippen LogP contribution is 2.07. The molecule has 0 fully saturated rings. The Bertz CT molecular complexity index is 587. The first-order chi connectivity index (χ1) is 8.22. The molecule has 0 saturated heterocycles. The first-order valence-corrected chi connectivity index (χ1v) is 5.85. The van der Waals surface area contributed by atoms with Crippen molar-refractivity contribution in [1.29, 1.82) is 0 Å². The maximum Gasteiger partial charge on any atom is 0.261 e. The molecule has 0 radical (unpaired) electrons. The maximum atomic E-state index is 12.0. The summed E-state index contributed by atoms with van der Waals surface area (Å²) in [5.41, 5.74) is 6.41. The zero-order chi connectivity index (χ0) is 12.3. The minimum absolute atomic E-state index is 0.172. The average Bonchev–Trinajstić information content (AvgIpc) is 2.84. The molecule has 6 heteroatoms. The second kappa shape index (κ2) is 4.84. The fraction of sp³-hybridized carbons (Fsp3) is 0.0909. The van der Waals surface area contributed by atoms with Gasteiger partial charge in [0.1, 0.15) is 0 Å². The van der Waals surface area contributed by atoms with E-state index < -0.39 is 0 Å². The molecule has 0 atom stereocenters. The van der Waals surface area contributed by atoms with E-state index in [9.17, 15) is 4.79 Å². The molecule has 88 valence electrons. The number of amidine groups is 1. The van der Waals surface area contributed by atoms with Gasteiger partial charge < -0.3 is 15.5 Å². The maximum absolute atomic E-state index is 12.0. The first kappa shape index (κ1) is 11.4. The van der Waals surface area contributed by atoms with Crippen molar-refractivity contribution >= 4 is 17.2 Å². The summed E-state index contributed by atoms with van der Waals surface area (Å²) >= 11 is 1.58. The van der Waals surface area contributed by atoms with Crippen molar-refractivity contribution in [2.75, 3.05) is 0 Å². The smallest absolute Gasteiger partial charge is 0.261 e. The van der Waals surface area contributed by atoms with E-state index in [-0.39, 0.29) is 17.0 Å². The van der Waals surface area contributed by atoms with Crippen LogP contribution in [0.5, 0.6) is 0 Å². The summed E-state index contributed by atoms with van der Waals surface area (Å²) in [7, 11) is 0. The molecule has 0 spiro atoms. The molecule has 0 aromatic carbocycles. The van der Waals surface area contributed by atoms with Gasteiger partial charge in [-0.2, -0.15) is 11.3 Å². The molecule has 3 N–H and O–H groups in total. The van der Waals surface area contributed by atoms with Crippen LogP contribution in [0.3, 0.4) is 0 Å². The van der Waals surface area contributed by atoms with E-state index in [2.05, 4.69) is 5.16 Å². The quantitative estimate of drug-likeness (QED) is 0.369. The molecule has 17 heavy (non-hydrogen) atoms.